The van der Waals surface area contributed by atoms with E-state index in [1.54, 1.807) is 33.8 Å². The fraction of sp³-hybridized carbons (Fsp3) is 0.643. The second kappa shape index (κ2) is 5.83. The Morgan fingerprint density at radius 2 is 2.00 bits per heavy atom. The predicted molar refractivity (Wildman–Crippen MR) is 80.2 cm³/mol. The summed E-state index contributed by atoms with van der Waals surface area (Å²) in [6.45, 7) is 7.54. The first-order chi connectivity index (χ1) is 10.1. The van der Waals surface area contributed by atoms with E-state index in [-0.39, 0.29) is 11.6 Å². The molecule has 0 bridgehead atoms. The SMILES string of the molecule is Cc1ccc(S(=O)(=O)[C@H]2CCN(C(=O)OC(C)(C)C)C2)nn1. The van der Waals surface area contributed by atoms with Crippen LogP contribution in [0.4, 0.5) is 4.79 Å². The summed E-state index contributed by atoms with van der Waals surface area (Å²) in [7, 11) is -3.59. The summed E-state index contributed by atoms with van der Waals surface area (Å²) in [4.78, 5) is 13.4. The van der Waals surface area contributed by atoms with Crippen molar-refractivity contribution < 1.29 is 17.9 Å². The van der Waals surface area contributed by atoms with E-state index in [9.17, 15) is 13.2 Å². The molecule has 122 valence electrons. The zero-order valence-electron chi connectivity index (χ0n) is 13.2. The second-order valence-corrected chi connectivity index (χ2v) is 8.57. The lowest BCUT2D eigenvalue weighted by molar-refractivity contribution is 0.0295. The van der Waals surface area contributed by atoms with Crippen molar-refractivity contribution in [3.63, 3.8) is 0 Å². The minimum absolute atomic E-state index is 0.0471. The first-order valence-corrected chi connectivity index (χ1v) is 8.66. The maximum atomic E-state index is 12.5. The number of likely N-dealkylation sites (tertiary alicyclic amines) is 1. The Hall–Kier alpha value is -1.70. The van der Waals surface area contributed by atoms with E-state index >= 15 is 0 Å². The van der Waals surface area contributed by atoms with Gasteiger partial charge in [0.2, 0.25) is 9.84 Å². The van der Waals surface area contributed by atoms with Gasteiger partial charge in [0.25, 0.3) is 0 Å². The highest BCUT2D eigenvalue weighted by Crippen LogP contribution is 2.24. The second-order valence-electron chi connectivity index (χ2n) is 6.40. The van der Waals surface area contributed by atoms with Crippen LogP contribution in [0.15, 0.2) is 17.2 Å². The van der Waals surface area contributed by atoms with Gasteiger partial charge in [0, 0.05) is 13.1 Å². The van der Waals surface area contributed by atoms with E-state index < -0.39 is 26.8 Å². The Balaban J connectivity index is 2.09. The molecule has 0 aliphatic carbocycles. The number of hydrogen-bond acceptors (Lipinski definition) is 6. The number of ether oxygens (including phenoxy) is 1. The molecule has 1 aliphatic heterocycles. The lowest BCUT2D eigenvalue weighted by atomic mass is 10.2. The van der Waals surface area contributed by atoms with Gasteiger partial charge in [-0.2, -0.15) is 5.10 Å². The molecule has 0 spiro atoms. The van der Waals surface area contributed by atoms with Crippen LogP contribution in [-0.4, -0.2) is 53.5 Å². The third-order valence-electron chi connectivity index (χ3n) is 3.30. The quantitative estimate of drug-likeness (QED) is 0.819. The van der Waals surface area contributed by atoms with Crippen LogP contribution in [0, 0.1) is 6.92 Å². The zero-order chi connectivity index (χ0) is 16.5. The number of rotatable bonds is 2. The van der Waals surface area contributed by atoms with E-state index in [4.69, 9.17) is 4.74 Å². The minimum Gasteiger partial charge on any atom is -0.444 e. The number of amides is 1. The molecule has 7 nitrogen and oxygen atoms in total. The van der Waals surface area contributed by atoms with Gasteiger partial charge in [-0.15, -0.1) is 5.10 Å². The van der Waals surface area contributed by atoms with Crippen LogP contribution in [0.1, 0.15) is 32.9 Å². The monoisotopic (exact) mass is 327 g/mol. The van der Waals surface area contributed by atoms with Gasteiger partial charge in [-0.1, -0.05) is 0 Å². The molecule has 8 heteroatoms. The molecule has 0 aromatic carbocycles. The van der Waals surface area contributed by atoms with Crippen LogP contribution in [-0.2, 0) is 14.6 Å². The Bertz CT molecular complexity index is 650. The first kappa shape index (κ1) is 16.7. The Labute approximate surface area is 130 Å². The molecule has 0 N–H and O–H groups in total. The minimum atomic E-state index is -3.59. The highest BCUT2D eigenvalue weighted by atomic mass is 32.2. The average Bonchev–Trinajstić information content (AvgIpc) is 2.87. The van der Waals surface area contributed by atoms with Gasteiger partial charge in [0.05, 0.1) is 10.9 Å². The van der Waals surface area contributed by atoms with E-state index in [1.807, 2.05) is 0 Å². The van der Waals surface area contributed by atoms with Crippen molar-refractivity contribution in [3.05, 3.63) is 17.8 Å². The molecule has 1 aromatic heterocycles. The van der Waals surface area contributed by atoms with Gasteiger partial charge < -0.3 is 9.64 Å². The van der Waals surface area contributed by atoms with Crippen LogP contribution in [0.25, 0.3) is 0 Å². The van der Waals surface area contributed by atoms with Crippen LogP contribution in [0.5, 0.6) is 0 Å². The smallest absolute Gasteiger partial charge is 0.410 e. The molecule has 1 saturated heterocycles. The van der Waals surface area contributed by atoms with Gasteiger partial charge in [-0.05, 0) is 46.2 Å². The summed E-state index contributed by atoms with van der Waals surface area (Å²) in [5, 5.41) is 6.82. The van der Waals surface area contributed by atoms with Gasteiger partial charge in [-0.25, -0.2) is 13.2 Å². The molecule has 0 radical (unpaired) electrons. The lowest BCUT2D eigenvalue weighted by Crippen LogP contribution is -2.36. The van der Waals surface area contributed by atoms with Gasteiger partial charge in [0.15, 0.2) is 5.03 Å². The highest BCUT2D eigenvalue weighted by Gasteiger charge is 2.38. The van der Waals surface area contributed by atoms with E-state index in [2.05, 4.69) is 10.2 Å². The third kappa shape index (κ3) is 3.73. The molecule has 0 unspecified atom stereocenters. The van der Waals surface area contributed by atoms with Crippen molar-refractivity contribution in [1.29, 1.82) is 0 Å². The van der Waals surface area contributed by atoms with Crippen molar-refractivity contribution in [2.75, 3.05) is 13.1 Å². The molecule has 22 heavy (non-hydrogen) atoms. The van der Waals surface area contributed by atoms with Crippen LogP contribution in [0.3, 0.4) is 0 Å². The summed E-state index contributed by atoms with van der Waals surface area (Å²) in [5.41, 5.74) is 0.0528. The maximum Gasteiger partial charge on any atom is 0.410 e. The molecule has 0 saturated carbocycles. The topological polar surface area (TPSA) is 89.5 Å². The number of hydrogen-bond donors (Lipinski definition) is 0. The predicted octanol–water partition coefficient (Wildman–Crippen LogP) is 1.57. The van der Waals surface area contributed by atoms with E-state index in [1.165, 1.54) is 11.0 Å². The molecule has 1 aromatic rings. The number of carbonyl (C=O) groups is 1. The van der Waals surface area contributed by atoms with Crippen molar-refractivity contribution in [1.82, 2.24) is 15.1 Å². The molecular weight excluding hydrogens is 306 g/mol. The van der Waals surface area contributed by atoms with Crippen molar-refractivity contribution in [2.24, 2.45) is 0 Å². The normalized spacial score (nSPS) is 19.3. The Morgan fingerprint density at radius 3 is 2.55 bits per heavy atom. The highest BCUT2D eigenvalue weighted by molar-refractivity contribution is 7.92. The molecule has 1 fully saturated rings. The van der Waals surface area contributed by atoms with Gasteiger partial charge in [0.1, 0.15) is 5.60 Å². The summed E-state index contributed by atoms with van der Waals surface area (Å²) < 4.78 is 30.3. The average molecular weight is 327 g/mol. The molecular formula is C14H21N3O4S. The molecule has 1 amide bonds. The number of sulfone groups is 1. The van der Waals surface area contributed by atoms with Crippen molar-refractivity contribution in [3.8, 4) is 0 Å². The van der Waals surface area contributed by atoms with Crippen LogP contribution in [0.2, 0.25) is 0 Å². The van der Waals surface area contributed by atoms with E-state index in [0.717, 1.165) is 0 Å². The number of nitrogens with zero attached hydrogens (tertiary/aromatic N) is 3. The van der Waals surface area contributed by atoms with Gasteiger partial charge in [-0.3, -0.25) is 0 Å². The largest absolute Gasteiger partial charge is 0.444 e. The fourth-order valence-electron chi connectivity index (χ4n) is 2.18. The number of aryl methyl sites for hydroxylation is 1. The zero-order valence-corrected chi connectivity index (χ0v) is 14.1. The van der Waals surface area contributed by atoms with Crippen LogP contribution < -0.4 is 0 Å². The van der Waals surface area contributed by atoms with Crippen LogP contribution >= 0.6 is 0 Å². The van der Waals surface area contributed by atoms with Gasteiger partial charge >= 0.3 is 6.09 Å². The fourth-order valence-corrected chi connectivity index (χ4v) is 3.73. The van der Waals surface area contributed by atoms with Crippen molar-refractivity contribution >= 4 is 15.9 Å². The van der Waals surface area contributed by atoms with Crippen molar-refractivity contribution in [2.45, 2.75) is 50.0 Å². The first-order valence-electron chi connectivity index (χ1n) is 7.12. The Kier molecular flexibility index (Phi) is 4.42. The summed E-state index contributed by atoms with van der Waals surface area (Å²) in [5.74, 6) is 0. The van der Waals surface area contributed by atoms with E-state index in [0.29, 0.717) is 18.7 Å². The molecule has 2 rings (SSSR count). The Morgan fingerprint density at radius 1 is 1.32 bits per heavy atom. The standard InChI is InChI=1S/C14H21N3O4S/c1-10-5-6-12(16-15-10)22(19,20)11-7-8-17(9-11)13(18)21-14(2,3)4/h5-6,11H,7-9H2,1-4H3/t11-/m0/s1. The third-order valence-corrected chi connectivity index (χ3v) is 5.36. The lowest BCUT2D eigenvalue weighted by Gasteiger charge is -2.24. The summed E-state index contributed by atoms with van der Waals surface area (Å²) in [6.07, 6.45) is -0.114. The maximum absolute atomic E-state index is 12.5. The molecule has 1 aliphatic rings. The summed E-state index contributed by atoms with van der Waals surface area (Å²) >= 11 is 0. The number of carbonyl (C=O) groups excluding carboxylic acids is 1. The molecule has 2 heterocycles. The number of aromatic nitrogens is 2. The summed E-state index contributed by atoms with van der Waals surface area (Å²) in [6, 6.07) is 3.06. The molecule has 1 atom stereocenters.